The van der Waals surface area contributed by atoms with Crippen molar-refractivity contribution in [1.29, 1.82) is 0 Å². The topological polar surface area (TPSA) is 20.2 Å². The third-order valence-corrected chi connectivity index (χ3v) is 4.35. The van der Waals surface area contributed by atoms with Crippen molar-refractivity contribution in [3.8, 4) is 0 Å². The van der Waals surface area contributed by atoms with Gasteiger partial charge in [-0.25, -0.2) is 0 Å². The first-order valence-electron chi connectivity index (χ1n) is 4.97. The van der Waals surface area contributed by atoms with E-state index < -0.39 is 17.8 Å². The highest BCUT2D eigenvalue weighted by molar-refractivity contribution is 9.10. The molecule has 0 saturated carbocycles. The number of hydrogen-bond donors (Lipinski definition) is 1. The average Bonchev–Trinajstić information content (AvgIpc) is 2.73. The van der Waals surface area contributed by atoms with Crippen molar-refractivity contribution < 1.29 is 18.3 Å². The van der Waals surface area contributed by atoms with Crippen LogP contribution in [-0.4, -0.2) is 5.11 Å². The zero-order valence-electron chi connectivity index (χ0n) is 8.91. The van der Waals surface area contributed by atoms with Gasteiger partial charge in [0.05, 0.1) is 10.4 Å². The van der Waals surface area contributed by atoms with Crippen LogP contribution in [0.2, 0.25) is 0 Å². The van der Waals surface area contributed by atoms with Gasteiger partial charge in [-0.2, -0.15) is 13.2 Å². The molecule has 1 heterocycles. The van der Waals surface area contributed by atoms with Crippen molar-refractivity contribution in [3.63, 3.8) is 0 Å². The lowest BCUT2D eigenvalue weighted by atomic mass is 10.0. The Labute approximate surface area is 114 Å². The number of halogens is 4. The lowest BCUT2D eigenvalue weighted by Gasteiger charge is -2.13. The first-order chi connectivity index (χ1) is 8.39. The molecule has 1 N–H and O–H groups in total. The number of aliphatic hydroxyl groups is 1. The fourth-order valence-corrected chi connectivity index (χ4v) is 3.14. The highest BCUT2D eigenvalue weighted by atomic mass is 79.9. The summed E-state index contributed by atoms with van der Waals surface area (Å²) in [5.41, 5.74) is -0.528. The molecular formula is C12H8BrF3OS. The molecule has 96 valence electrons. The smallest absolute Gasteiger partial charge is 0.383 e. The molecule has 1 unspecified atom stereocenters. The first-order valence-corrected chi connectivity index (χ1v) is 6.65. The molecule has 0 fully saturated rings. The van der Waals surface area contributed by atoms with Crippen LogP contribution < -0.4 is 0 Å². The molecule has 0 saturated heterocycles. The molecule has 6 heteroatoms. The van der Waals surface area contributed by atoms with E-state index in [2.05, 4.69) is 15.9 Å². The summed E-state index contributed by atoms with van der Waals surface area (Å²) in [4.78, 5) is 0.592. The van der Waals surface area contributed by atoms with E-state index in [1.54, 1.807) is 11.4 Å². The van der Waals surface area contributed by atoms with E-state index in [0.29, 0.717) is 9.35 Å². The molecule has 0 bridgehead atoms. The molecule has 0 aliphatic heterocycles. The molecule has 18 heavy (non-hydrogen) atoms. The van der Waals surface area contributed by atoms with Gasteiger partial charge in [0.15, 0.2) is 0 Å². The number of hydrogen-bond acceptors (Lipinski definition) is 2. The van der Waals surface area contributed by atoms with Crippen molar-refractivity contribution in [2.24, 2.45) is 0 Å². The predicted molar refractivity (Wildman–Crippen MR) is 67.5 cm³/mol. The van der Waals surface area contributed by atoms with Gasteiger partial charge in [0.2, 0.25) is 0 Å². The molecular weight excluding hydrogens is 329 g/mol. The van der Waals surface area contributed by atoms with Crippen LogP contribution in [0.25, 0.3) is 0 Å². The summed E-state index contributed by atoms with van der Waals surface area (Å²) in [5.74, 6) is 0. The third-order valence-electron chi connectivity index (χ3n) is 2.42. The van der Waals surface area contributed by atoms with Crippen LogP contribution in [0.5, 0.6) is 0 Å². The molecule has 2 rings (SSSR count). The fraction of sp³-hybridized carbons (Fsp3) is 0.167. The van der Waals surface area contributed by atoms with Crippen LogP contribution in [0.4, 0.5) is 13.2 Å². The zero-order valence-corrected chi connectivity index (χ0v) is 11.3. The first kappa shape index (κ1) is 13.6. The summed E-state index contributed by atoms with van der Waals surface area (Å²) in [6.45, 7) is 0. The monoisotopic (exact) mass is 336 g/mol. The standard InChI is InChI=1S/C12H8BrF3OS/c13-9-4-5-18-11(9)10(17)7-2-1-3-8(6-7)12(14,15)16/h1-6,10,17H. The molecule has 1 atom stereocenters. The Morgan fingerprint density at radius 1 is 1.22 bits per heavy atom. The normalized spacial score (nSPS) is 13.6. The van der Waals surface area contributed by atoms with Crippen LogP contribution in [-0.2, 0) is 6.18 Å². The second-order valence-corrected chi connectivity index (χ2v) is 5.46. The van der Waals surface area contributed by atoms with Crippen LogP contribution >= 0.6 is 27.3 Å². The fourth-order valence-electron chi connectivity index (χ4n) is 1.54. The summed E-state index contributed by atoms with van der Waals surface area (Å²) < 4.78 is 38.4. The van der Waals surface area contributed by atoms with Gasteiger partial charge >= 0.3 is 6.18 Å². The average molecular weight is 337 g/mol. The van der Waals surface area contributed by atoms with Crippen LogP contribution in [0.3, 0.4) is 0 Å². The van der Waals surface area contributed by atoms with Gasteiger partial charge in [-0.1, -0.05) is 12.1 Å². The Kier molecular flexibility index (Phi) is 3.79. The van der Waals surface area contributed by atoms with Gasteiger partial charge in [0.25, 0.3) is 0 Å². The van der Waals surface area contributed by atoms with E-state index in [9.17, 15) is 18.3 Å². The Morgan fingerprint density at radius 3 is 2.50 bits per heavy atom. The molecule has 1 nitrogen and oxygen atoms in total. The summed E-state index contributed by atoms with van der Waals surface area (Å²) in [6, 6.07) is 6.47. The third kappa shape index (κ3) is 2.76. The van der Waals surface area contributed by atoms with Crippen LogP contribution in [0, 0.1) is 0 Å². The maximum atomic E-state index is 12.6. The second kappa shape index (κ2) is 5.03. The largest absolute Gasteiger partial charge is 0.416 e. The van der Waals surface area contributed by atoms with E-state index in [1.807, 2.05) is 0 Å². The Morgan fingerprint density at radius 2 is 1.94 bits per heavy atom. The predicted octanol–water partition coefficient (Wildman–Crippen LogP) is 4.61. The molecule has 0 radical (unpaired) electrons. The minimum absolute atomic E-state index is 0.230. The van der Waals surface area contributed by atoms with Gasteiger partial charge < -0.3 is 5.11 Å². The van der Waals surface area contributed by atoms with Crippen molar-refractivity contribution in [1.82, 2.24) is 0 Å². The summed E-state index contributed by atoms with van der Waals surface area (Å²) in [6.07, 6.45) is -5.45. The van der Waals surface area contributed by atoms with Crippen molar-refractivity contribution in [2.75, 3.05) is 0 Å². The summed E-state index contributed by atoms with van der Waals surface area (Å²) >= 11 is 4.54. The Balaban J connectivity index is 2.38. The molecule has 1 aromatic carbocycles. The SMILES string of the molecule is OC(c1cccc(C(F)(F)F)c1)c1sccc1Br. The maximum absolute atomic E-state index is 12.6. The molecule has 0 aliphatic carbocycles. The Bertz CT molecular complexity index is 550. The van der Waals surface area contributed by atoms with E-state index in [-0.39, 0.29) is 5.56 Å². The lowest BCUT2D eigenvalue weighted by molar-refractivity contribution is -0.137. The Hall–Kier alpha value is -0.850. The van der Waals surface area contributed by atoms with Crippen LogP contribution in [0.15, 0.2) is 40.2 Å². The lowest BCUT2D eigenvalue weighted by Crippen LogP contribution is -2.07. The number of thiophene rings is 1. The minimum Gasteiger partial charge on any atom is -0.383 e. The quantitative estimate of drug-likeness (QED) is 0.848. The molecule has 2 aromatic rings. The van der Waals surface area contributed by atoms with E-state index in [1.165, 1.54) is 23.5 Å². The zero-order chi connectivity index (χ0) is 13.3. The molecule has 1 aromatic heterocycles. The minimum atomic E-state index is -4.40. The van der Waals surface area contributed by atoms with Gasteiger partial charge in [-0.15, -0.1) is 11.3 Å². The number of alkyl halides is 3. The van der Waals surface area contributed by atoms with E-state index in [4.69, 9.17) is 0 Å². The number of benzene rings is 1. The van der Waals surface area contributed by atoms with Gasteiger partial charge in [0.1, 0.15) is 6.10 Å². The van der Waals surface area contributed by atoms with Crippen LogP contribution in [0.1, 0.15) is 22.1 Å². The van der Waals surface area contributed by atoms with Crippen molar-refractivity contribution in [2.45, 2.75) is 12.3 Å². The van der Waals surface area contributed by atoms with Gasteiger partial charge in [-0.3, -0.25) is 0 Å². The number of rotatable bonds is 2. The van der Waals surface area contributed by atoms with E-state index >= 15 is 0 Å². The molecule has 0 amide bonds. The highest BCUT2D eigenvalue weighted by Gasteiger charge is 2.31. The van der Waals surface area contributed by atoms with Crippen molar-refractivity contribution >= 4 is 27.3 Å². The van der Waals surface area contributed by atoms with Gasteiger partial charge in [-0.05, 0) is 45.1 Å². The second-order valence-electron chi connectivity index (χ2n) is 3.66. The summed E-state index contributed by atoms with van der Waals surface area (Å²) in [7, 11) is 0. The van der Waals surface area contributed by atoms with E-state index in [0.717, 1.165) is 12.1 Å². The highest BCUT2D eigenvalue weighted by Crippen LogP contribution is 2.35. The van der Waals surface area contributed by atoms with Gasteiger partial charge in [0, 0.05) is 4.47 Å². The summed E-state index contributed by atoms with van der Waals surface area (Å²) in [5, 5.41) is 11.8. The molecule has 0 spiro atoms. The molecule has 0 aliphatic rings. The number of aliphatic hydroxyl groups excluding tert-OH is 1. The van der Waals surface area contributed by atoms with Crippen molar-refractivity contribution in [3.05, 3.63) is 56.2 Å². The maximum Gasteiger partial charge on any atom is 0.416 e.